The Kier molecular flexibility index (Phi) is 3.06. The zero-order valence-corrected chi connectivity index (χ0v) is 10.6. The van der Waals surface area contributed by atoms with E-state index in [1.807, 2.05) is 18.2 Å². The van der Waals surface area contributed by atoms with E-state index in [1.165, 1.54) is 0 Å². The molecule has 1 heterocycles. The lowest BCUT2D eigenvalue weighted by atomic mass is 9.77. The van der Waals surface area contributed by atoms with E-state index >= 15 is 0 Å². The van der Waals surface area contributed by atoms with Crippen molar-refractivity contribution in [2.45, 2.75) is 37.9 Å². The Morgan fingerprint density at radius 2 is 2.11 bits per heavy atom. The summed E-state index contributed by atoms with van der Waals surface area (Å²) in [4.78, 5) is 10.9. The summed E-state index contributed by atoms with van der Waals surface area (Å²) >= 11 is 0. The smallest absolute Gasteiger partial charge is 0.306 e. The summed E-state index contributed by atoms with van der Waals surface area (Å²) < 4.78 is 16.4. The third-order valence-corrected chi connectivity index (χ3v) is 3.72. The molecular formula is C14H16O5. The number of carboxylic acid groups (broad SMARTS) is 1. The van der Waals surface area contributed by atoms with E-state index < -0.39 is 11.6 Å². The minimum atomic E-state index is -0.801. The van der Waals surface area contributed by atoms with Gasteiger partial charge in [0, 0.05) is 0 Å². The maximum Gasteiger partial charge on any atom is 0.306 e. The van der Waals surface area contributed by atoms with Crippen molar-refractivity contribution in [3.63, 3.8) is 0 Å². The number of aliphatic carboxylic acids is 1. The highest BCUT2D eigenvalue weighted by Gasteiger charge is 2.40. The summed E-state index contributed by atoms with van der Waals surface area (Å²) in [6, 6.07) is 5.65. The molecule has 0 amide bonds. The second-order valence-electron chi connectivity index (χ2n) is 5.08. The van der Waals surface area contributed by atoms with Crippen LogP contribution in [0.2, 0.25) is 0 Å². The Balaban J connectivity index is 1.64. The Hall–Kier alpha value is -1.75. The molecule has 2 aliphatic rings. The number of hydrogen-bond donors (Lipinski definition) is 1. The molecule has 1 fully saturated rings. The van der Waals surface area contributed by atoms with Gasteiger partial charge in [-0.25, -0.2) is 0 Å². The molecule has 1 aromatic carbocycles. The van der Waals surface area contributed by atoms with E-state index in [4.69, 9.17) is 19.3 Å². The maximum absolute atomic E-state index is 10.9. The molecule has 0 aromatic heterocycles. The molecule has 0 radical (unpaired) electrons. The molecule has 0 unspecified atom stereocenters. The van der Waals surface area contributed by atoms with Crippen molar-refractivity contribution >= 4 is 5.97 Å². The Bertz CT molecular complexity index is 493. The highest BCUT2D eigenvalue weighted by Crippen LogP contribution is 2.40. The largest absolute Gasteiger partial charge is 0.481 e. The Morgan fingerprint density at radius 1 is 1.32 bits per heavy atom. The quantitative estimate of drug-likeness (QED) is 0.884. The van der Waals surface area contributed by atoms with E-state index in [2.05, 4.69) is 0 Å². The summed E-state index contributed by atoms with van der Waals surface area (Å²) in [5.41, 5.74) is 0.503. The number of rotatable bonds is 5. The molecule has 0 bridgehead atoms. The van der Waals surface area contributed by atoms with Crippen LogP contribution in [0.1, 0.15) is 31.2 Å². The van der Waals surface area contributed by atoms with Crippen molar-refractivity contribution in [1.29, 1.82) is 0 Å². The molecule has 1 aliphatic carbocycles. The normalized spacial score (nSPS) is 18.9. The lowest BCUT2D eigenvalue weighted by Gasteiger charge is -2.40. The first-order chi connectivity index (χ1) is 9.17. The summed E-state index contributed by atoms with van der Waals surface area (Å²) in [6.45, 7) is 0.659. The van der Waals surface area contributed by atoms with Gasteiger partial charge in [0.05, 0.1) is 18.6 Å². The summed E-state index contributed by atoms with van der Waals surface area (Å²) in [7, 11) is 0. The number of benzene rings is 1. The zero-order chi connectivity index (χ0) is 13.3. The second-order valence-corrected chi connectivity index (χ2v) is 5.08. The number of fused-ring (bicyclic) bond motifs is 1. The van der Waals surface area contributed by atoms with Crippen LogP contribution in [0.4, 0.5) is 0 Å². The Morgan fingerprint density at radius 3 is 2.79 bits per heavy atom. The van der Waals surface area contributed by atoms with Crippen LogP contribution in [-0.4, -0.2) is 23.5 Å². The molecule has 19 heavy (non-hydrogen) atoms. The van der Waals surface area contributed by atoms with E-state index in [1.54, 1.807) is 0 Å². The van der Waals surface area contributed by atoms with Gasteiger partial charge < -0.3 is 19.3 Å². The molecule has 5 nitrogen and oxygen atoms in total. The number of carboxylic acids is 1. The molecule has 1 N–H and O–H groups in total. The first kappa shape index (κ1) is 12.3. The highest BCUT2D eigenvalue weighted by atomic mass is 16.7. The SMILES string of the molecule is O=C(O)CC1(OCc2ccc3c(c2)OCO3)CCC1. The molecule has 1 aliphatic heterocycles. The van der Waals surface area contributed by atoms with Crippen molar-refractivity contribution in [2.24, 2.45) is 0 Å². The van der Waals surface area contributed by atoms with Crippen LogP contribution in [0, 0.1) is 0 Å². The van der Waals surface area contributed by atoms with Gasteiger partial charge in [-0.1, -0.05) is 6.07 Å². The highest BCUT2D eigenvalue weighted by molar-refractivity contribution is 5.68. The lowest BCUT2D eigenvalue weighted by molar-refractivity contribution is -0.156. The van der Waals surface area contributed by atoms with Gasteiger partial charge in [0.1, 0.15) is 0 Å². The predicted octanol–water partition coefficient (Wildman–Crippen LogP) is 2.33. The third kappa shape index (κ3) is 2.51. The summed E-state index contributed by atoms with van der Waals surface area (Å²) in [5.74, 6) is 0.667. The molecule has 0 spiro atoms. The zero-order valence-electron chi connectivity index (χ0n) is 10.6. The van der Waals surface area contributed by atoms with E-state index in [0.717, 1.165) is 36.3 Å². The van der Waals surface area contributed by atoms with Gasteiger partial charge in [0.2, 0.25) is 6.79 Å². The van der Waals surface area contributed by atoms with Gasteiger partial charge >= 0.3 is 5.97 Å². The fourth-order valence-corrected chi connectivity index (χ4v) is 2.49. The van der Waals surface area contributed by atoms with Crippen LogP contribution in [0.25, 0.3) is 0 Å². The molecular weight excluding hydrogens is 248 g/mol. The Labute approximate surface area is 111 Å². The number of hydrogen-bond acceptors (Lipinski definition) is 4. The maximum atomic E-state index is 10.9. The molecule has 1 saturated carbocycles. The van der Waals surface area contributed by atoms with Crippen LogP contribution in [0.15, 0.2) is 18.2 Å². The van der Waals surface area contributed by atoms with E-state index in [0.29, 0.717) is 6.61 Å². The van der Waals surface area contributed by atoms with Gasteiger partial charge in [-0.15, -0.1) is 0 Å². The van der Waals surface area contributed by atoms with Crippen LogP contribution in [-0.2, 0) is 16.1 Å². The molecule has 5 heteroatoms. The van der Waals surface area contributed by atoms with Crippen molar-refractivity contribution in [1.82, 2.24) is 0 Å². The first-order valence-electron chi connectivity index (χ1n) is 6.41. The van der Waals surface area contributed by atoms with Gasteiger partial charge in [-0.2, -0.15) is 0 Å². The lowest BCUT2D eigenvalue weighted by Crippen LogP contribution is -2.42. The first-order valence-corrected chi connectivity index (χ1v) is 6.41. The number of carbonyl (C=O) groups is 1. The molecule has 0 saturated heterocycles. The van der Waals surface area contributed by atoms with Crippen molar-refractivity contribution in [3.05, 3.63) is 23.8 Å². The van der Waals surface area contributed by atoms with Crippen LogP contribution >= 0.6 is 0 Å². The standard InChI is InChI=1S/C14H16O5/c15-13(16)7-14(4-1-5-14)19-8-10-2-3-11-12(6-10)18-9-17-11/h2-3,6H,1,4-5,7-9H2,(H,15,16). The number of ether oxygens (including phenoxy) is 3. The fourth-order valence-electron chi connectivity index (χ4n) is 2.49. The average Bonchev–Trinajstić information content (AvgIpc) is 2.79. The van der Waals surface area contributed by atoms with Crippen LogP contribution < -0.4 is 9.47 Å². The molecule has 102 valence electrons. The monoisotopic (exact) mass is 264 g/mol. The minimum Gasteiger partial charge on any atom is -0.481 e. The summed E-state index contributed by atoms with van der Waals surface area (Å²) in [5, 5.41) is 8.92. The molecule has 0 atom stereocenters. The van der Waals surface area contributed by atoms with E-state index in [-0.39, 0.29) is 13.2 Å². The fraction of sp³-hybridized carbons (Fsp3) is 0.500. The van der Waals surface area contributed by atoms with Gasteiger partial charge in [-0.05, 0) is 37.0 Å². The molecule has 1 aromatic rings. The molecule has 3 rings (SSSR count). The van der Waals surface area contributed by atoms with Crippen molar-refractivity contribution < 1.29 is 24.1 Å². The summed E-state index contributed by atoms with van der Waals surface area (Å²) in [6.07, 6.45) is 2.76. The van der Waals surface area contributed by atoms with Crippen LogP contribution in [0.5, 0.6) is 11.5 Å². The van der Waals surface area contributed by atoms with E-state index in [9.17, 15) is 4.79 Å². The van der Waals surface area contributed by atoms with Crippen molar-refractivity contribution in [3.8, 4) is 11.5 Å². The van der Waals surface area contributed by atoms with Gasteiger partial charge in [-0.3, -0.25) is 4.79 Å². The second kappa shape index (κ2) is 4.74. The van der Waals surface area contributed by atoms with Gasteiger partial charge in [0.25, 0.3) is 0 Å². The third-order valence-electron chi connectivity index (χ3n) is 3.72. The van der Waals surface area contributed by atoms with Gasteiger partial charge in [0.15, 0.2) is 11.5 Å². The topological polar surface area (TPSA) is 65.0 Å². The van der Waals surface area contributed by atoms with Crippen LogP contribution in [0.3, 0.4) is 0 Å². The predicted molar refractivity (Wildman–Crippen MR) is 66.2 cm³/mol. The minimum absolute atomic E-state index is 0.0809. The van der Waals surface area contributed by atoms with Crippen molar-refractivity contribution in [2.75, 3.05) is 6.79 Å². The average molecular weight is 264 g/mol.